The highest BCUT2D eigenvalue weighted by atomic mass is 32.1. The number of benzene rings is 1. The first-order chi connectivity index (χ1) is 12.9. The third kappa shape index (κ3) is 4.36. The normalized spacial score (nSPS) is 11.6. The zero-order valence-corrected chi connectivity index (χ0v) is 14.8. The molecule has 0 radical (unpaired) electrons. The van der Waals surface area contributed by atoms with Gasteiger partial charge in [-0.25, -0.2) is 9.78 Å². The fourth-order valence-corrected chi connectivity index (χ4v) is 2.81. The summed E-state index contributed by atoms with van der Waals surface area (Å²) < 4.78 is 9.71. The number of carbonyl (C=O) groups excluding carboxylic acids is 2. The summed E-state index contributed by atoms with van der Waals surface area (Å²) in [6.07, 6.45) is -1.15. The lowest BCUT2D eigenvalue weighted by Crippen LogP contribution is -2.29. The van der Waals surface area contributed by atoms with Crippen molar-refractivity contribution in [3.05, 3.63) is 63.7 Å². The van der Waals surface area contributed by atoms with Crippen molar-refractivity contribution in [2.24, 2.45) is 0 Å². The Bertz CT molecular complexity index is 981. The van der Waals surface area contributed by atoms with Crippen LogP contribution in [-0.4, -0.2) is 27.9 Å². The summed E-state index contributed by atoms with van der Waals surface area (Å²) in [6, 6.07) is 11.6. The topological polar surface area (TPSA) is 125 Å². The van der Waals surface area contributed by atoms with Crippen LogP contribution in [0, 0.1) is 10.1 Å². The highest BCUT2D eigenvalue weighted by Gasteiger charge is 2.24. The van der Waals surface area contributed by atoms with Crippen molar-refractivity contribution in [3.63, 3.8) is 0 Å². The third-order valence-electron chi connectivity index (χ3n) is 3.43. The van der Waals surface area contributed by atoms with Gasteiger partial charge in [0.2, 0.25) is 5.76 Å². The summed E-state index contributed by atoms with van der Waals surface area (Å²) in [5, 5.41) is 15.3. The highest BCUT2D eigenvalue weighted by molar-refractivity contribution is 7.14. The average molecular weight is 387 g/mol. The maximum Gasteiger partial charge on any atom is 0.433 e. The van der Waals surface area contributed by atoms with Gasteiger partial charge < -0.3 is 9.15 Å². The number of aromatic nitrogens is 1. The van der Waals surface area contributed by atoms with E-state index in [1.54, 1.807) is 5.38 Å². The monoisotopic (exact) mass is 387 g/mol. The van der Waals surface area contributed by atoms with Gasteiger partial charge in [-0.05, 0) is 13.0 Å². The second kappa shape index (κ2) is 7.79. The molecule has 3 rings (SSSR count). The summed E-state index contributed by atoms with van der Waals surface area (Å²) in [6.45, 7) is 1.37. The lowest BCUT2D eigenvalue weighted by Gasteiger charge is -2.11. The molecular formula is C17H13N3O6S. The number of nitrogens with zero attached hydrogens (tertiary/aromatic N) is 2. The van der Waals surface area contributed by atoms with Crippen LogP contribution in [0.15, 0.2) is 52.3 Å². The molecule has 2 aromatic heterocycles. The quantitative estimate of drug-likeness (QED) is 0.390. The maximum absolute atomic E-state index is 12.2. The van der Waals surface area contributed by atoms with E-state index in [0.717, 1.165) is 17.7 Å². The van der Waals surface area contributed by atoms with E-state index in [1.165, 1.54) is 18.3 Å². The number of hydrogen-bond acceptors (Lipinski definition) is 8. The van der Waals surface area contributed by atoms with Gasteiger partial charge in [0.05, 0.1) is 11.8 Å². The molecule has 0 spiro atoms. The molecule has 0 aliphatic heterocycles. The van der Waals surface area contributed by atoms with E-state index in [0.29, 0.717) is 10.8 Å². The van der Waals surface area contributed by atoms with Crippen molar-refractivity contribution >= 4 is 34.2 Å². The fraction of sp³-hybridized carbons (Fsp3) is 0.118. The Balaban J connectivity index is 1.60. The van der Waals surface area contributed by atoms with Crippen molar-refractivity contribution in [3.8, 4) is 11.3 Å². The SMILES string of the molecule is C[C@@H](OC(=O)c1ccc([N+](=O)[O-])o1)C(=O)Nc1nc(-c2ccccc2)cs1. The molecule has 0 unspecified atom stereocenters. The Labute approximate surface area is 156 Å². The number of esters is 1. The number of nitrogens with one attached hydrogen (secondary N) is 1. The minimum Gasteiger partial charge on any atom is -0.447 e. The van der Waals surface area contributed by atoms with Crippen LogP contribution >= 0.6 is 11.3 Å². The van der Waals surface area contributed by atoms with Gasteiger partial charge in [-0.3, -0.25) is 20.2 Å². The molecule has 1 N–H and O–H groups in total. The molecule has 1 amide bonds. The molecule has 10 heteroatoms. The molecule has 1 aromatic carbocycles. The van der Waals surface area contributed by atoms with Gasteiger partial charge in [-0.1, -0.05) is 30.3 Å². The Hall–Kier alpha value is -3.53. The van der Waals surface area contributed by atoms with Crippen molar-refractivity contribution < 1.29 is 23.7 Å². The van der Waals surface area contributed by atoms with Gasteiger partial charge >= 0.3 is 11.9 Å². The van der Waals surface area contributed by atoms with E-state index < -0.39 is 28.8 Å². The Morgan fingerprint density at radius 3 is 2.67 bits per heavy atom. The largest absolute Gasteiger partial charge is 0.447 e. The molecule has 1 atom stereocenters. The number of amides is 1. The van der Waals surface area contributed by atoms with E-state index >= 15 is 0 Å². The number of carbonyl (C=O) groups is 2. The first kappa shape index (κ1) is 18.3. The van der Waals surface area contributed by atoms with Gasteiger partial charge in [0.15, 0.2) is 11.2 Å². The maximum atomic E-state index is 12.2. The van der Waals surface area contributed by atoms with Crippen LogP contribution < -0.4 is 5.32 Å². The first-order valence-corrected chi connectivity index (χ1v) is 8.59. The fourth-order valence-electron chi connectivity index (χ4n) is 2.09. The number of furan rings is 1. The molecule has 0 bridgehead atoms. The molecule has 0 saturated heterocycles. The van der Waals surface area contributed by atoms with Crippen molar-refractivity contribution in [1.29, 1.82) is 0 Å². The first-order valence-electron chi connectivity index (χ1n) is 7.71. The Morgan fingerprint density at radius 1 is 1.26 bits per heavy atom. The lowest BCUT2D eigenvalue weighted by molar-refractivity contribution is -0.402. The molecule has 0 aliphatic carbocycles. The molecule has 9 nitrogen and oxygen atoms in total. The lowest BCUT2D eigenvalue weighted by atomic mass is 10.2. The summed E-state index contributed by atoms with van der Waals surface area (Å²) in [5.41, 5.74) is 1.62. The standard InChI is InChI=1S/C17H13N3O6S/c1-10(25-16(22)13-7-8-14(26-13)20(23)24)15(21)19-17-18-12(9-27-17)11-5-3-2-4-6-11/h2-10H,1H3,(H,18,19,21)/t10-/m1/s1. The Kier molecular flexibility index (Phi) is 5.27. The van der Waals surface area contributed by atoms with Crippen LogP contribution in [0.25, 0.3) is 11.3 Å². The highest BCUT2D eigenvalue weighted by Crippen LogP contribution is 2.25. The van der Waals surface area contributed by atoms with Crippen LogP contribution in [0.3, 0.4) is 0 Å². The minimum absolute atomic E-state index is 0.357. The summed E-state index contributed by atoms with van der Waals surface area (Å²) in [4.78, 5) is 38.2. The average Bonchev–Trinajstić information content (AvgIpc) is 3.32. The number of anilines is 1. The molecule has 2 heterocycles. The third-order valence-corrected chi connectivity index (χ3v) is 4.19. The number of rotatable bonds is 6. The molecule has 138 valence electrons. The van der Waals surface area contributed by atoms with Crippen molar-refractivity contribution in [1.82, 2.24) is 4.98 Å². The zero-order chi connectivity index (χ0) is 19.4. The summed E-state index contributed by atoms with van der Waals surface area (Å²) in [5.74, 6) is -2.51. The van der Waals surface area contributed by atoms with Crippen LogP contribution in [0.2, 0.25) is 0 Å². The Morgan fingerprint density at radius 2 is 2.00 bits per heavy atom. The van der Waals surface area contributed by atoms with Gasteiger partial charge in [-0.2, -0.15) is 0 Å². The van der Waals surface area contributed by atoms with Crippen LogP contribution in [0.4, 0.5) is 11.0 Å². The molecule has 0 saturated carbocycles. The van der Waals surface area contributed by atoms with Gasteiger partial charge in [-0.15, -0.1) is 11.3 Å². The number of ether oxygens (including phenoxy) is 1. The number of nitro groups is 1. The van der Waals surface area contributed by atoms with E-state index in [1.807, 2.05) is 30.3 Å². The van der Waals surface area contributed by atoms with Gasteiger partial charge in [0, 0.05) is 10.9 Å². The number of hydrogen-bond donors (Lipinski definition) is 1. The van der Waals surface area contributed by atoms with E-state index in [9.17, 15) is 19.7 Å². The van der Waals surface area contributed by atoms with Crippen LogP contribution in [0.1, 0.15) is 17.5 Å². The smallest absolute Gasteiger partial charge is 0.433 e. The second-order valence-corrected chi connectivity index (χ2v) is 6.19. The van der Waals surface area contributed by atoms with Gasteiger partial charge in [0.25, 0.3) is 5.91 Å². The summed E-state index contributed by atoms with van der Waals surface area (Å²) >= 11 is 1.23. The summed E-state index contributed by atoms with van der Waals surface area (Å²) in [7, 11) is 0. The second-order valence-electron chi connectivity index (χ2n) is 5.34. The molecule has 3 aromatic rings. The van der Waals surface area contributed by atoms with E-state index in [-0.39, 0.29) is 5.76 Å². The van der Waals surface area contributed by atoms with Gasteiger partial charge in [0.1, 0.15) is 4.92 Å². The molecule has 0 fully saturated rings. The molecule has 27 heavy (non-hydrogen) atoms. The number of thiazole rings is 1. The minimum atomic E-state index is -1.15. The van der Waals surface area contributed by atoms with Crippen molar-refractivity contribution in [2.75, 3.05) is 5.32 Å². The van der Waals surface area contributed by atoms with Crippen LogP contribution in [0.5, 0.6) is 0 Å². The predicted octanol–water partition coefficient (Wildman–Crippen LogP) is 3.50. The molecule has 0 aliphatic rings. The van der Waals surface area contributed by atoms with Crippen LogP contribution in [-0.2, 0) is 9.53 Å². The van der Waals surface area contributed by atoms with Crippen molar-refractivity contribution in [2.45, 2.75) is 13.0 Å². The van der Waals surface area contributed by atoms with E-state index in [4.69, 9.17) is 9.15 Å². The molecular weight excluding hydrogens is 374 g/mol. The van der Waals surface area contributed by atoms with E-state index in [2.05, 4.69) is 10.3 Å². The zero-order valence-electron chi connectivity index (χ0n) is 13.9. The predicted molar refractivity (Wildman–Crippen MR) is 96.4 cm³/mol.